The summed E-state index contributed by atoms with van der Waals surface area (Å²) in [5.41, 5.74) is 6.73. The predicted molar refractivity (Wildman–Crippen MR) is 78.3 cm³/mol. The largest absolute Gasteiger partial charge is 0.370 e. The molecule has 4 N–H and O–H groups in total. The number of halogens is 2. The van der Waals surface area contributed by atoms with E-state index in [1.54, 1.807) is 25.1 Å². The molecular weight excluding hydrogens is 301 g/mol. The van der Waals surface area contributed by atoms with Gasteiger partial charge in [-0.15, -0.1) is 0 Å². The fraction of sp³-hybridized carbons (Fsp3) is 0.231. The van der Waals surface area contributed by atoms with E-state index in [0.717, 1.165) is 0 Å². The second-order valence-electron chi connectivity index (χ2n) is 4.51. The molecule has 0 bridgehead atoms. The molecule has 20 heavy (non-hydrogen) atoms. The van der Waals surface area contributed by atoms with Crippen molar-refractivity contribution in [3.05, 3.63) is 55.4 Å². The maximum atomic E-state index is 11.9. The quantitative estimate of drug-likeness (QED) is 0.808. The van der Waals surface area contributed by atoms with Gasteiger partial charge in [0.1, 0.15) is 0 Å². The van der Waals surface area contributed by atoms with Crippen LogP contribution in [0.5, 0.6) is 0 Å². The Hall–Kier alpha value is -1.72. The minimum Gasteiger partial charge on any atom is -0.370 e. The highest BCUT2D eigenvalue weighted by Gasteiger charge is 2.25. The van der Waals surface area contributed by atoms with Gasteiger partial charge in [0.05, 0.1) is 0 Å². The molecule has 1 heterocycles. The van der Waals surface area contributed by atoms with Crippen molar-refractivity contribution in [3.63, 3.8) is 0 Å². The number of aromatic amines is 2. The fourth-order valence-electron chi connectivity index (χ4n) is 2.23. The predicted octanol–water partition coefficient (Wildman–Crippen LogP) is 2.33. The number of rotatable bonds is 4. The third-order valence-electron chi connectivity index (χ3n) is 3.10. The standard InChI is InChI=1S/C13H13Cl2N3O2/c1-6-12(13(20)18-17-6)9(5-11(16)19)8-3-2-7(14)4-10(8)15/h2-4,9H,5H2,1H3,(H2,16,19)(H2,17,18,20)/t9-/m0/s1. The molecule has 106 valence electrons. The molecule has 0 saturated carbocycles. The van der Waals surface area contributed by atoms with Crippen molar-refractivity contribution in [2.75, 3.05) is 0 Å². The molecule has 1 amide bonds. The zero-order chi connectivity index (χ0) is 14.9. The minimum absolute atomic E-state index is 0.0108. The summed E-state index contributed by atoms with van der Waals surface area (Å²) in [6.07, 6.45) is -0.0108. The Morgan fingerprint density at radius 1 is 1.35 bits per heavy atom. The van der Waals surface area contributed by atoms with Crippen molar-refractivity contribution in [3.8, 4) is 0 Å². The van der Waals surface area contributed by atoms with Crippen LogP contribution in [0.1, 0.15) is 29.2 Å². The van der Waals surface area contributed by atoms with E-state index in [-0.39, 0.29) is 12.0 Å². The number of primary amides is 1. The van der Waals surface area contributed by atoms with Gasteiger partial charge in [0.25, 0.3) is 5.56 Å². The van der Waals surface area contributed by atoms with E-state index in [2.05, 4.69) is 10.2 Å². The zero-order valence-corrected chi connectivity index (χ0v) is 12.2. The summed E-state index contributed by atoms with van der Waals surface area (Å²) in [5.74, 6) is -1.02. The molecule has 2 aromatic rings. The Bertz CT molecular complexity index is 706. The number of carbonyl (C=O) groups is 1. The van der Waals surface area contributed by atoms with Gasteiger partial charge in [-0.1, -0.05) is 29.3 Å². The lowest BCUT2D eigenvalue weighted by molar-refractivity contribution is -0.118. The van der Waals surface area contributed by atoms with Gasteiger partial charge in [0, 0.05) is 33.6 Å². The lowest BCUT2D eigenvalue weighted by Crippen LogP contribution is -2.20. The number of carbonyl (C=O) groups excluding carboxylic acids is 1. The van der Waals surface area contributed by atoms with Gasteiger partial charge >= 0.3 is 0 Å². The summed E-state index contributed by atoms with van der Waals surface area (Å²) >= 11 is 12.0. The van der Waals surface area contributed by atoms with Crippen LogP contribution in [0.25, 0.3) is 0 Å². The highest BCUT2D eigenvalue weighted by atomic mass is 35.5. The number of hydrogen-bond acceptors (Lipinski definition) is 2. The Morgan fingerprint density at radius 3 is 2.55 bits per heavy atom. The molecule has 7 heteroatoms. The zero-order valence-electron chi connectivity index (χ0n) is 10.7. The fourth-order valence-corrected chi connectivity index (χ4v) is 2.77. The molecule has 1 aromatic carbocycles. The molecule has 0 aliphatic carbocycles. The molecule has 0 radical (unpaired) electrons. The lowest BCUT2D eigenvalue weighted by Gasteiger charge is -2.16. The molecule has 5 nitrogen and oxygen atoms in total. The van der Waals surface area contributed by atoms with Gasteiger partial charge in [-0.05, 0) is 24.6 Å². The van der Waals surface area contributed by atoms with Crippen molar-refractivity contribution >= 4 is 29.1 Å². The highest BCUT2D eigenvalue weighted by Crippen LogP contribution is 2.33. The molecule has 0 fully saturated rings. The van der Waals surface area contributed by atoms with Gasteiger partial charge in [-0.25, -0.2) is 0 Å². The summed E-state index contributed by atoms with van der Waals surface area (Å²) in [5, 5.41) is 6.10. The van der Waals surface area contributed by atoms with Crippen LogP contribution in [0.4, 0.5) is 0 Å². The van der Waals surface area contributed by atoms with E-state index in [9.17, 15) is 9.59 Å². The van der Waals surface area contributed by atoms with Crippen LogP contribution in [0.15, 0.2) is 23.0 Å². The van der Waals surface area contributed by atoms with Crippen LogP contribution >= 0.6 is 23.2 Å². The van der Waals surface area contributed by atoms with Gasteiger partial charge < -0.3 is 10.8 Å². The molecular formula is C13H13Cl2N3O2. The van der Waals surface area contributed by atoms with Crippen molar-refractivity contribution in [2.45, 2.75) is 19.3 Å². The molecule has 1 atom stereocenters. The van der Waals surface area contributed by atoms with Crippen LogP contribution in [0.2, 0.25) is 10.0 Å². The number of hydrogen-bond donors (Lipinski definition) is 3. The molecule has 1 aromatic heterocycles. The molecule has 2 rings (SSSR count). The Labute approximate surface area is 125 Å². The normalized spacial score (nSPS) is 12.3. The molecule has 0 aliphatic rings. The van der Waals surface area contributed by atoms with E-state index in [0.29, 0.717) is 26.9 Å². The van der Waals surface area contributed by atoms with E-state index in [1.165, 1.54) is 0 Å². The molecule has 0 spiro atoms. The van der Waals surface area contributed by atoms with E-state index in [4.69, 9.17) is 28.9 Å². The first-order valence-corrected chi connectivity index (χ1v) is 6.66. The van der Waals surface area contributed by atoms with E-state index in [1.807, 2.05) is 0 Å². The number of benzene rings is 1. The SMILES string of the molecule is Cc1[nH][nH]c(=O)c1[C@@H](CC(N)=O)c1ccc(Cl)cc1Cl. The number of aryl methyl sites for hydroxylation is 1. The second-order valence-corrected chi connectivity index (χ2v) is 5.35. The monoisotopic (exact) mass is 313 g/mol. The summed E-state index contributed by atoms with van der Waals surface area (Å²) < 4.78 is 0. The van der Waals surface area contributed by atoms with Crippen LogP contribution in [0.3, 0.4) is 0 Å². The van der Waals surface area contributed by atoms with Crippen molar-refractivity contribution < 1.29 is 4.79 Å². The second kappa shape index (κ2) is 5.73. The van der Waals surface area contributed by atoms with Gasteiger partial charge in [0.2, 0.25) is 5.91 Å². The number of H-pyrrole nitrogens is 2. The summed E-state index contributed by atoms with van der Waals surface area (Å²) in [6.45, 7) is 1.74. The third-order valence-corrected chi connectivity index (χ3v) is 3.67. The Balaban J connectivity index is 2.59. The van der Waals surface area contributed by atoms with Gasteiger partial charge in [-0.2, -0.15) is 0 Å². The van der Waals surface area contributed by atoms with Crippen LogP contribution in [0, 0.1) is 6.92 Å². The smallest absolute Gasteiger partial charge is 0.267 e. The summed E-state index contributed by atoms with van der Waals surface area (Å²) in [4.78, 5) is 23.2. The third kappa shape index (κ3) is 2.89. The van der Waals surface area contributed by atoms with Crippen molar-refractivity contribution in [1.29, 1.82) is 0 Å². The average Bonchev–Trinajstić information content (AvgIpc) is 2.66. The number of nitrogens with one attached hydrogen (secondary N) is 2. The molecule has 0 saturated heterocycles. The van der Waals surface area contributed by atoms with E-state index < -0.39 is 11.8 Å². The summed E-state index contributed by atoms with van der Waals surface area (Å²) in [7, 11) is 0. The van der Waals surface area contributed by atoms with E-state index >= 15 is 0 Å². The molecule has 0 unspecified atom stereocenters. The number of aromatic nitrogens is 2. The maximum absolute atomic E-state index is 11.9. The lowest BCUT2D eigenvalue weighted by atomic mass is 9.88. The highest BCUT2D eigenvalue weighted by molar-refractivity contribution is 6.35. The minimum atomic E-state index is -0.513. The van der Waals surface area contributed by atoms with Crippen molar-refractivity contribution in [2.24, 2.45) is 5.73 Å². The summed E-state index contributed by atoms with van der Waals surface area (Å²) in [6, 6.07) is 4.93. The topological polar surface area (TPSA) is 91.7 Å². The maximum Gasteiger partial charge on any atom is 0.267 e. The number of nitrogens with two attached hydrogens (primary N) is 1. The Morgan fingerprint density at radius 2 is 2.05 bits per heavy atom. The van der Waals surface area contributed by atoms with Crippen molar-refractivity contribution in [1.82, 2.24) is 10.2 Å². The molecule has 0 aliphatic heterocycles. The van der Waals surface area contributed by atoms with Crippen LogP contribution in [-0.4, -0.2) is 16.1 Å². The first kappa shape index (κ1) is 14.7. The van der Waals surface area contributed by atoms with Crippen LogP contribution in [-0.2, 0) is 4.79 Å². The first-order valence-electron chi connectivity index (χ1n) is 5.90. The van der Waals surface area contributed by atoms with Gasteiger partial charge in [-0.3, -0.25) is 14.7 Å². The Kier molecular flexibility index (Phi) is 4.20. The number of amides is 1. The first-order chi connectivity index (χ1) is 9.40. The average molecular weight is 314 g/mol. The van der Waals surface area contributed by atoms with Gasteiger partial charge in [0.15, 0.2) is 0 Å². The van der Waals surface area contributed by atoms with Crippen LogP contribution < -0.4 is 11.3 Å².